The second kappa shape index (κ2) is 11.5. The number of benzene rings is 4. The molecular weight excluding hydrogens is 470 g/mol. The third kappa shape index (κ3) is 5.91. The van der Waals surface area contributed by atoms with Crippen LogP contribution in [-0.2, 0) is 17.6 Å². The van der Waals surface area contributed by atoms with Gasteiger partial charge in [0.15, 0.2) is 0 Å². The SMILES string of the molecule is Cc1oc(-c2ccccc2)nc1CC#Cc1ccc(CC(C(=O)O)c2ccc(-c3ccccc3)cc2)cc1. The maximum Gasteiger partial charge on any atom is 0.311 e. The summed E-state index contributed by atoms with van der Waals surface area (Å²) in [4.78, 5) is 16.7. The smallest absolute Gasteiger partial charge is 0.311 e. The number of hydrogen-bond acceptors (Lipinski definition) is 3. The standard InChI is InChI=1S/C34H27NO3/c1-24-32(35-33(38-24)30-12-6-3-7-13-30)14-8-9-25-15-17-26(18-16-25)23-31(34(36)37)29-21-19-28(20-22-29)27-10-4-2-5-11-27/h2-7,10-13,15-22,31H,14,23H2,1H3,(H,36,37). The minimum absolute atomic E-state index is 0.411. The highest BCUT2D eigenvalue weighted by Crippen LogP contribution is 2.26. The summed E-state index contributed by atoms with van der Waals surface area (Å²) >= 11 is 0. The summed E-state index contributed by atoms with van der Waals surface area (Å²) in [5.74, 6) is 6.28. The quantitative estimate of drug-likeness (QED) is 0.239. The van der Waals surface area contributed by atoms with Crippen LogP contribution in [-0.4, -0.2) is 16.1 Å². The molecule has 0 bridgehead atoms. The molecule has 1 unspecified atom stereocenters. The molecule has 1 N–H and O–H groups in total. The maximum atomic E-state index is 12.1. The molecule has 0 fully saturated rings. The number of nitrogens with zero attached hydrogens (tertiary/aromatic N) is 1. The van der Waals surface area contributed by atoms with E-state index in [9.17, 15) is 9.90 Å². The summed E-state index contributed by atoms with van der Waals surface area (Å²) in [6.45, 7) is 1.90. The zero-order valence-corrected chi connectivity index (χ0v) is 21.1. The molecule has 0 amide bonds. The third-order valence-electron chi connectivity index (χ3n) is 6.51. The Labute approximate surface area is 222 Å². The van der Waals surface area contributed by atoms with Crippen molar-refractivity contribution in [2.75, 3.05) is 0 Å². The molecule has 5 aromatic rings. The van der Waals surface area contributed by atoms with Crippen LogP contribution in [0.3, 0.4) is 0 Å². The molecule has 0 radical (unpaired) electrons. The van der Waals surface area contributed by atoms with Crippen LogP contribution in [0.25, 0.3) is 22.6 Å². The summed E-state index contributed by atoms with van der Waals surface area (Å²) < 4.78 is 5.81. The summed E-state index contributed by atoms with van der Waals surface area (Å²) in [6.07, 6.45) is 0.901. The number of carboxylic acids is 1. The molecule has 0 saturated carbocycles. The summed E-state index contributed by atoms with van der Waals surface area (Å²) in [5.41, 5.74) is 6.57. The van der Waals surface area contributed by atoms with Crippen LogP contribution in [0, 0.1) is 18.8 Å². The van der Waals surface area contributed by atoms with Crippen molar-refractivity contribution in [1.82, 2.24) is 4.98 Å². The third-order valence-corrected chi connectivity index (χ3v) is 6.51. The topological polar surface area (TPSA) is 63.3 Å². The van der Waals surface area contributed by atoms with E-state index in [1.807, 2.05) is 116 Å². The Morgan fingerprint density at radius 2 is 1.42 bits per heavy atom. The van der Waals surface area contributed by atoms with Crippen molar-refractivity contribution < 1.29 is 14.3 Å². The lowest BCUT2D eigenvalue weighted by Gasteiger charge is -2.14. The predicted octanol–water partition coefficient (Wildman–Crippen LogP) is 7.32. The molecule has 0 saturated heterocycles. The van der Waals surface area contributed by atoms with Gasteiger partial charge in [0.1, 0.15) is 5.76 Å². The van der Waals surface area contributed by atoms with Gasteiger partial charge in [-0.1, -0.05) is 96.8 Å². The molecule has 0 aliphatic rings. The lowest BCUT2D eigenvalue weighted by molar-refractivity contribution is -0.138. The lowest BCUT2D eigenvalue weighted by Crippen LogP contribution is -2.14. The molecule has 1 heterocycles. The lowest BCUT2D eigenvalue weighted by atomic mass is 9.90. The Hall–Kier alpha value is -4.88. The van der Waals surface area contributed by atoms with E-state index in [2.05, 4.69) is 16.8 Å². The van der Waals surface area contributed by atoms with Gasteiger partial charge in [0.25, 0.3) is 0 Å². The Kier molecular flexibility index (Phi) is 7.47. The number of aryl methyl sites for hydroxylation is 1. The van der Waals surface area contributed by atoms with Crippen molar-refractivity contribution in [1.29, 1.82) is 0 Å². The number of rotatable bonds is 7. The van der Waals surface area contributed by atoms with Gasteiger partial charge in [0.05, 0.1) is 18.0 Å². The van der Waals surface area contributed by atoms with E-state index < -0.39 is 11.9 Å². The fourth-order valence-electron chi connectivity index (χ4n) is 4.37. The van der Waals surface area contributed by atoms with Crippen molar-refractivity contribution in [3.05, 3.63) is 137 Å². The molecule has 0 aliphatic carbocycles. The van der Waals surface area contributed by atoms with Crippen LogP contribution in [0.4, 0.5) is 0 Å². The average molecular weight is 498 g/mol. The summed E-state index contributed by atoms with van der Waals surface area (Å²) in [7, 11) is 0. The molecule has 1 atom stereocenters. The van der Waals surface area contributed by atoms with Crippen LogP contribution in [0.15, 0.2) is 114 Å². The Morgan fingerprint density at radius 3 is 2.05 bits per heavy atom. The molecule has 5 rings (SSSR count). The number of carboxylic acid groups (broad SMARTS) is 1. The molecular formula is C34H27NO3. The summed E-state index contributed by atoms with van der Waals surface area (Å²) in [5, 5.41) is 9.91. The van der Waals surface area contributed by atoms with Crippen molar-refractivity contribution >= 4 is 5.97 Å². The fraction of sp³-hybridized carbons (Fsp3) is 0.118. The van der Waals surface area contributed by atoms with E-state index in [4.69, 9.17) is 4.42 Å². The highest BCUT2D eigenvalue weighted by Gasteiger charge is 2.20. The predicted molar refractivity (Wildman–Crippen MR) is 150 cm³/mol. The van der Waals surface area contributed by atoms with E-state index in [0.717, 1.165) is 44.8 Å². The van der Waals surface area contributed by atoms with Gasteiger partial charge in [0, 0.05) is 11.1 Å². The molecule has 4 heteroatoms. The van der Waals surface area contributed by atoms with Crippen LogP contribution >= 0.6 is 0 Å². The monoisotopic (exact) mass is 497 g/mol. The van der Waals surface area contributed by atoms with Crippen LogP contribution in [0.2, 0.25) is 0 Å². The minimum Gasteiger partial charge on any atom is -0.481 e. The normalized spacial score (nSPS) is 11.4. The van der Waals surface area contributed by atoms with E-state index in [-0.39, 0.29) is 0 Å². The largest absolute Gasteiger partial charge is 0.481 e. The van der Waals surface area contributed by atoms with Crippen molar-refractivity contribution in [3.63, 3.8) is 0 Å². The zero-order valence-electron chi connectivity index (χ0n) is 21.1. The number of oxazole rings is 1. The second-order valence-electron chi connectivity index (χ2n) is 9.15. The van der Waals surface area contributed by atoms with Gasteiger partial charge in [-0.25, -0.2) is 4.98 Å². The molecule has 186 valence electrons. The van der Waals surface area contributed by atoms with E-state index in [1.54, 1.807) is 0 Å². The maximum absolute atomic E-state index is 12.1. The van der Waals surface area contributed by atoms with Gasteiger partial charge in [-0.05, 0) is 59.9 Å². The molecule has 0 aliphatic heterocycles. The number of hydrogen-bond donors (Lipinski definition) is 1. The van der Waals surface area contributed by atoms with Gasteiger partial charge >= 0.3 is 5.97 Å². The minimum atomic E-state index is -0.834. The van der Waals surface area contributed by atoms with Gasteiger partial charge in [-0.15, -0.1) is 0 Å². The van der Waals surface area contributed by atoms with Crippen LogP contribution in [0.1, 0.15) is 34.1 Å². The van der Waals surface area contributed by atoms with E-state index >= 15 is 0 Å². The first-order valence-electron chi connectivity index (χ1n) is 12.5. The first-order chi connectivity index (χ1) is 18.6. The van der Waals surface area contributed by atoms with E-state index in [0.29, 0.717) is 18.7 Å². The number of aromatic nitrogens is 1. The van der Waals surface area contributed by atoms with Gasteiger partial charge < -0.3 is 9.52 Å². The van der Waals surface area contributed by atoms with Crippen molar-refractivity contribution in [2.45, 2.75) is 25.7 Å². The van der Waals surface area contributed by atoms with E-state index in [1.165, 1.54) is 0 Å². The number of aliphatic carboxylic acids is 1. The van der Waals surface area contributed by atoms with Crippen LogP contribution in [0.5, 0.6) is 0 Å². The Bertz CT molecular complexity index is 1570. The van der Waals surface area contributed by atoms with Crippen molar-refractivity contribution in [3.8, 4) is 34.4 Å². The second-order valence-corrected chi connectivity index (χ2v) is 9.15. The Morgan fingerprint density at radius 1 is 0.816 bits per heavy atom. The van der Waals surface area contributed by atoms with Gasteiger partial charge in [-0.2, -0.15) is 0 Å². The van der Waals surface area contributed by atoms with Crippen molar-refractivity contribution in [2.24, 2.45) is 0 Å². The highest BCUT2D eigenvalue weighted by molar-refractivity contribution is 5.77. The average Bonchev–Trinajstić information content (AvgIpc) is 3.33. The first-order valence-corrected chi connectivity index (χ1v) is 12.5. The molecule has 38 heavy (non-hydrogen) atoms. The summed E-state index contributed by atoms with van der Waals surface area (Å²) in [6, 6.07) is 35.4. The van der Waals surface area contributed by atoms with Crippen LogP contribution < -0.4 is 0 Å². The fourth-order valence-corrected chi connectivity index (χ4v) is 4.37. The first kappa shape index (κ1) is 24.8. The number of carbonyl (C=O) groups is 1. The van der Waals surface area contributed by atoms with Gasteiger partial charge in [-0.3, -0.25) is 4.79 Å². The Balaban J connectivity index is 1.24. The van der Waals surface area contributed by atoms with Gasteiger partial charge in [0.2, 0.25) is 5.89 Å². The zero-order chi connectivity index (χ0) is 26.3. The molecule has 1 aromatic heterocycles. The highest BCUT2D eigenvalue weighted by atomic mass is 16.4. The molecule has 4 nitrogen and oxygen atoms in total. The molecule has 0 spiro atoms. The molecule has 4 aromatic carbocycles.